The van der Waals surface area contributed by atoms with Gasteiger partial charge in [-0.3, -0.25) is 0 Å². The van der Waals surface area contributed by atoms with Crippen molar-refractivity contribution in [3.8, 4) is 0 Å². The monoisotopic (exact) mass is 273 g/mol. The number of hydrogen-bond donors (Lipinski definition) is 1. The lowest BCUT2D eigenvalue weighted by Crippen LogP contribution is -2.25. The van der Waals surface area contributed by atoms with Crippen molar-refractivity contribution in [2.24, 2.45) is 5.73 Å². The van der Waals surface area contributed by atoms with Gasteiger partial charge < -0.3 is 10.6 Å². The molecule has 106 valence electrons. The number of anilines is 1. The van der Waals surface area contributed by atoms with E-state index in [0.29, 0.717) is 12.1 Å². The molecule has 1 unspecified atom stereocenters. The number of pyridine rings is 1. The number of benzene rings is 1. The van der Waals surface area contributed by atoms with Gasteiger partial charge in [0.15, 0.2) is 0 Å². The summed E-state index contributed by atoms with van der Waals surface area (Å²) in [6, 6.07) is 8.64. The van der Waals surface area contributed by atoms with Gasteiger partial charge in [-0.1, -0.05) is 18.2 Å². The predicted molar refractivity (Wildman–Crippen MR) is 80.1 cm³/mol. The second-order valence-corrected chi connectivity index (χ2v) is 4.94. The molecule has 1 aromatic heterocycles. The van der Waals surface area contributed by atoms with Crippen molar-refractivity contribution in [2.75, 3.05) is 11.9 Å². The molecule has 1 atom stereocenters. The molecule has 20 heavy (non-hydrogen) atoms. The van der Waals surface area contributed by atoms with E-state index in [-0.39, 0.29) is 11.9 Å². The number of rotatable bonds is 4. The van der Waals surface area contributed by atoms with Gasteiger partial charge in [0.1, 0.15) is 11.6 Å². The second kappa shape index (κ2) is 6.01. The molecule has 2 aromatic rings. The number of hydrogen-bond acceptors (Lipinski definition) is 3. The lowest BCUT2D eigenvalue weighted by atomic mass is 10.0. The SMILES string of the molecule is Cc1ccnc(N(C)C(C)c2ccccc2F)c1CN. The molecular weight excluding hydrogens is 253 g/mol. The van der Waals surface area contributed by atoms with Gasteiger partial charge >= 0.3 is 0 Å². The Balaban J connectivity index is 2.39. The molecule has 0 amide bonds. The first kappa shape index (κ1) is 14.5. The average molecular weight is 273 g/mol. The fraction of sp³-hybridized carbons (Fsp3) is 0.312. The van der Waals surface area contributed by atoms with Crippen LogP contribution in [-0.4, -0.2) is 12.0 Å². The van der Waals surface area contributed by atoms with E-state index in [1.54, 1.807) is 18.3 Å². The minimum atomic E-state index is -0.200. The van der Waals surface area contributed by atoms with E-state index < -0.39 is 0 Å². The van der Waals surface area contributed by atoms with E-state index in [0.717, 1.165) is 16.9 Å². The highest BCUT2D eigenvalue weighted by Gasteiger charge is 2.19. The largest absolute Gasteiger partial charge is 0.353 e. The number of aryl methyl sites for hydroxylation is 1. The molecule has 0 aliphatic rings. The lowest BCUT2D eigenvalue weighted by Gasteiger charge is -2.28. The summed E-state index contributed by atoms with van der Waals surface area (Å²) in [7, 11) is 1.91. The molecule has 2 N–H and O–H groups in total. The van der Waals surface area contributed by atoms with Crippen LogP contribution in [0, 0.1) is 12.7 Å². The predicted octanol–water partition coefficient (Wildman–Crippen LogP) is 3.19. The van der Waals surface area contributed by atoms with E-state index in [2.05, 4.69) is 4.98 Å². The first-order valence-electron chi connectivity index (χ1n) is 6.68. The summed E-state index contributed by atoms with van der Waals surface area (Å²) in [6.07, 6.45) is 1.76. The van der Waals surface area contributed by atoms with Gasteiger partial charge in [-0.2, -0.15) is 0 Å². The zero-order chi connectivity index (χ0) is 14.7. The molecule has 0 spiro atoms. The van der Waals surface area contributed by atoms with Gasteiger partial charge in [-0.15, -0.1) is 0 Å². The third kappa shape index (κ3) is 2.65. The molecule has 1 heterocycles. The van der Waals surface area contributed by atoms with E-state index in [1.165, 1.54) is 6.07 Å². The van der Waals surface area contributed by atoms with Crippen LogP contribution in [0.25, 0.3) is 0 Å². The van der Waals surface area contributed by atoms with Crippen molar-refractivity contribution in [3.05, 3.63) is 59.0 Å². The molecule has 2 rings (SSSR count). The van der Waals surface area contributed by atoms with Crippen LogP contribution in [0.3, 0.4) is 0 Å². The fourth-order valence-corrected chi connectivity index (χ4v) is 2.34. The van der Waals surface area contributed by atoms with Crippen LogP contribution in [0.15, 0.2) is 36.5 Å². The normalized spacial score (nSPS) is 12.2. The van der Waals surface area contributed by atoms with Gasteiger partial charge in [0.05, 0.1) is 6.04 Å². The van der Waals surface area contributed by atoms with E-state index in [9.17, 15) is 4.39 Å². The van der Waals surface area contributed by atoms with E-state index >= 15 is 0 Å². The zero-order valence-electron chi connectivity index (χ0n) is 12.1. The quantitative estimate of drug-likeness (QED) is 0.930. The Morgan fingerprint density at radius 3 is 2.65 bits per heavy atom. The maximum Gasteiger partial charge on any atom is 0.133 e. The molecule has 0 aliphatic carbocycles. The van der Waals surface area contributed by atoms with Gasteiger partial charge in [-0.05, 0) is 31.5 Å². The first-order valence-corrected chi connectivity index (χ1v) is 6.68. The van der Waals surface area contributed by atoms with Crippen molar-refractivity contribution < 1.29 is 4.39 Å². The summed E-state index contributed by atoms with van der Waals surface area (Å²) >= 11 is 0. The summed E-state index contributed by atoms with van der Waals surface area (Å²) in [5.41, 5.74) is 8.57. The standard InChI is InChI=1S/C16H20FN3/c1-11-8-9-19-16(14(11)10-18)20(3)12(2)13-6-4-5-7-15(13)17/h4-9,12H,10,18H2,1-3H3. The van der Waals surface area contributed by atoms with Crippen LogP contribution in [-0.2, 0) is 6.54 Å². The topological polar surface area (TPSA) is 42.2 Å². The number of nitrogens with zero attached hydrogens (tertiary/aromatic N) is 2. The zero-order valence-corrected chi connectivity index (χ0v) is 12.1. The molecular formula is C16H20FN3. The summed E-state index contributed by atoms with van der Waals surface area (Å²) in [5, 5.41) is 0. The molecule has 0 bridgehead atoms. The second-order valence-electron chi connectivity index (χ2n) is 4.94. The highest BCUT2D eigenvalue weighted by Crippen LogP contribution is 2.28. The van der Waals surface area contributed by atoms with Crippen molar-refractivity contribution in [3.63, 3.8) is 0 Å². The van der Waals surface area contributed by atoms with Gasteiger partial charge in [0, 0.05) is 30.9 Å². The average Bonchev–Trinajstić information content (AvgIpc) is 2.46. The summed E-state index contributed by atoms with van der Waals surface area (Å²) in [6.45, 7) is 4.39. The highest BCUT2D eigenvalue weighted by atomic mass is 19.1. The number of halogens is 1. The maximum atomic E-state index is 13.9. The molecule has 1 aromatic carbocycles. The van der Waals surface area contributed by atoms with Crippen molar-refractivity contribution in [2.45, 2.75) is 26.4 Å². The van der Waals surface area contributed by atoms with Crippen LogP contribution in [0.1, 0.15) is 29.7 Å². The van der Waals surface area contributed by atoms with Gasteiger partial charge in [0.25, 0.3) is 0 Å². The maximum absolute atomic E-state index is 13.9. The highest BCUT2D eigenvalue weighted by molar-refractivity contribution is 5.51. The smallest absolute Gasteiger partial charge is 0.133 e. The molecule has 0 saturated carbocycles. The Hall–Kier alpha value is -1.94. The Morgan fingerprint density at radius 2 is 2.00 bits per heavy atom. The van der Waals surface area contributed by atoms with Gasteiger partial charge in [0.2, 0.25) is 0 Å². The minimum Gasteiger partial charge on any atom is -0.353 e. The molecule has 0 fully saturated rings. The van der Waals surface area contributed by atoms with Crippen molar-refractivity contribution in [1.29, 1.82) is 0 Å². The first-order chi connectivity index (χ1) is 9.56. The van der Waals surface area contributed by atoms with Crippen LogP contribution < -0.4 is 10.6 Å². The number of aromatic nitrogens is 1. The van der Waals surface area contributed by atoms with Crippen LogP contribution >= 0.6 is 0 Å². The molecule has 3 nitrogen and oxygen atoms in total. The Bertz CT molecular complexity index is 598. The minimum absolute atomic E-state index is 0.115. The Morgan fingerprint density at radius 1 is 1.30 bits per heavy atom. The summed E-state index contributed by atoms with van der Waals surface area (Å²) in [5.74, 6) is 0.608. The molecule has 0 saturated heterocycles. The molecule has 4 heteroatoms. The third-order valence-electron chi connectivity index (χ3n) is 3.74. The fourth-order valence-electron chi connectivity index (χ4n) is 2.34. The van der Waals surface area contributed by atoms with E-state index in [1.807, 2.05) is 37.9 Å². The van der Waals surface area contributed by atoms with Crippen LogP contribution in [0.5, 0.6) is 0 Å². The molecule has 0 aliphatic heterocycles. The van der Waals surface area contributed by atoms with E-state index in [4.69, 9.17) is 5.73 Å². The Kier molecular flexibility index (Phi) is 4.35. The molecule has 0 radical (unpaired) electrons. The lowest BCUT2D eigenvalue weighted by molar-refractivity contribution is 0.583. The van der Waals surface area contributed by atoms with Crippen molar-refractivity contribution in [1.82, 2.24) is 4.98 Å². The van der Waals surface area contributed by atoms with Gasteiger partial charge in [-0.25, -0.2) is 9.37 Å². The van der Waals surface area contributed by atoms with Crippen molar-refractivity contribution >= 4 is 5.82 Å². The summed E-state index contributed by atoms with van der Waals surface area (Å²) < 4.78 is 13.9. The number of nitrogens with two attached hydrogens (primary N) is 1. The van der Waals surface area contributed by atoms with Crippen LogP contribution in [0.4, 0.5) is 10.2 Å². The van der Waals surface area contributed by atoms with Crippen LogP contribution in [0.2, 0.25) is 0 Å². The Labute approximate surface area is 119 Å². The third-order valence-corrected chi connectivity index (χ3v) is 3.74. The summed E-state index contributed by atoms with van der Waals surface area (Å²) in [4.78, 5) is 6.38.